The number of aromatic nitrogens is 2. The number of aryl methyl sites for hydroxylation is 1. The van der Waals surface area contributed by atoms with Crippen molar-refractivity contribution in [3.05, 3.63) is 136 Å². The third-order valence-electron chi connectivity index (χ3n) is 6.50. The van der Waals surface area contributed by atoms with Crippen molar-refractivity contribution >= 4 is 28.4 Å². The van der Waals surface area contributed by atoms with Gasteiger partial charge in [0, 0.05) is 47.2 Å². The highest BCUT2D eigenvalue weighted by Gasteiger charge is 2.23. The van der Waals surface area contributed by atoms with E-state index in [2.05, 4.69) is 82.6 Å². The second-order valence-electron chi connectivity index (χ2n) is 9.12. The number of hydrogen-bond acceptors (Lipinski definition) is 2. The van der Waals surface area contributed by atoms with Crippen molar-refractivity contribution in [1.82, 2.24) is 14.9 Å². The summed E-state index contributed by atoms with van der Waals surface area (Å²) in [5, 5.41) is 4.85. The number of amides is 1. The summed E-state index contributed by atoms with van der Waals surface area (Å²) in [6, 6.07) is 30.5. The number of fused-ring (bicyclic) bond motifs is 1. The van der Waals surface area contributed by atoms with Crippen LogP contribution in [0.4, 0.5) is 0 Å². The summed E-state index contributed by atoms with van der Waals surface area (Å²) in [6.07, 6.45) is 4.24. The maximum absolute atomic E-state index is 13.1. The summed E-state index contributed by atoms with van der Waals surface area (Å²) >= 11 is 6.38. The van der Waals surface area contributed by atoms with Gasteiger partial charge < -0.3 is 9.88 Å². The van der Waals surface area contributed by atoms with Crippen LogP contribution in [0, 0.1) is 6.92 Å². The van der Waals surface area contributed by atoms with E-state index in [1.54, 1.807) is 6.20 Å². The van der Waals surface area contributed by atoms with Gasteiger partial charge in [0.1, 0.15) is 0 Å². The molecular formula is C31H28ClN3O. The highest BCUT2D eigenvalue weighted by molar-refractivity contribution is 6.30. The summed E-state index contributed by atoms with van der Waals surface area (Å²) in [5.74, 6) is -0.169. The molecule has 36 heavy (non-hydrogen) atoms. The Kier molecular flexibility index (Phi) is 7.15. The average Bonchev–Trinajstić information content (AvgIpc) is 3.26. The third-order valence-corrected chi connectivity index (χ3v) is 6.74. The van der Waals surface area contributed by atoms with E-state index in [1.807, 2.05) is 36.4 Å². The van der Waals surface area contributed by atoms with E-state index in [9.17, 15) is 4.79 Å². The van der Waals surface area contributed by atoms with Gasteiger partial charge in [-0.15, -0.1) is 0 Å². The molecule has 1 unspecified atom stereocenters. The first-order valence-electron chi connectivity index (χ1n) is 12.1. The molecule has 5 rings (SSSR count). The van der Waals surface area contributed by atoms with Crippen LogP contribution in [-0.4, -0.2) is 15.5 Å². The summed E-state index contributed by atoms with van der Waals surface area (Å²) in [7, 11) is 0. The molecule has 0 saturated heterocycles. The number of halogens is 1. The van der Waals surface area contributed by atoms with Gasteiger partial charge in [-0.25, -0.2) is 0 Å². The Labute approximate surface area is 216 Å². The smallest absolute Gasteiger partial charge is 0.221 e. The fraction of sp³-hybridized carbons (Fsp3) is 0.161. The van der Waals surface area contributed by atoms with Crippen LogP contribution in [0.25, 0.3) is 10.9 Å². The van der Waals surface area contributed by atoms with Crippen LogP contribution in [0.1, 0.15) is 40.3 Å². The van der Waals surface area contributed by atoms with Gasteiger partial charge in [0.25, 0.3) is 0 Å². The van der Waals surface area contributed by atoms with Crippen molar-refractivity contribution in [1.29, 1.82) is 0 Å². The number of hydrogen-bond donors (Lipinski definition) is 1. The van der Waals surface area contributed by atoms with Crippen LogP contribution in [0.3, 0.4) is 0 Å². The number of nitrogens with one attached hydrogen (secondary N) is 1. The number of rotatable bonds is 8. The molecule has 0 aliphatic rings. The zero-order valence-corrected chi connectivity index (χ0v) is 21.0. The average molecular weight is 494 g/mol. The van der Waals surface area contributed by atoms with Gasteiger partial charge in [0.2, 0.25) is 5.91 Å². The Bertz CT molecular complexity index is 1480. The van der Waals surface area contributed by atoms with Crippen molar-refractivity contribution < 1.29 is 4.79 Å². The summed E-state index contributed by atoms with van der Waals surface area (Å²) in [5.41, 5.74) is 6.60. The van der Waals surface area contributed by atoms with Crippen molar-refractivity contribution in [2.45, 2.75) is 32.4 Å². The summed E-state index contributed by atoms with van der Waals surface area (Å²) in [4.78, 5) is 17.5. The standard InChI is InChI=1S/C31H28ClN3O/c1-22-12-14-23(15-13-22)20-35-21-29(27-10-2-3-11-30(27)35)28(24-7-6-8-25(32)17-24)18-31(36)34-19-26-9-4-5-16-33-26/h2-17,21,28H,18-20H2,1H3,(H,34,36). The number of carbonyl (C=O) groups is 1. The molecule has 0 aliphatic heterocycles. The van der Waals surface area contributed by atoms with Crippen molar-refractivity contribution in [3.63, 3.8) is 0 Å². The molecule has 0 aliphatic carbocycles. The van der Waals surface area contributed by atoms with E-state index in [-0.39, 0.29) is 11.8 Å². The van der Waals surface area contributed by atoms with Gasteiger partial charge in [-0.05, 0) is 53.9 Å². The number of nitrogens with zero attached hydrogens (tertiary/aromatic N) is 2. The zero-order chi connectivity index (χ0) is 24.9. The quantitative estimate of drug-likeness (QED) is 0.256. The monoisotopic (exact) mass is 493 g/mol. The minimum absolute atomic E-state index is 0.0269. The molecule has 5 heteroatoms. The second kappa shape index (κ2) is 10.8. The number of carbonyl (C=O) groups excluding carboxylic acids is 1. The Morgan fingerprint density at radius 3 is 2.56 bits per heavy atom. The van der Waals surface area contributed by atoms with Crippen molar-refractivity contribution in [3.8, 4) is 0 Å². The minimum Gasteiger partial charge on any atom is -0.350 e. The molecule has 180 valence electrons. The maximum Gasteiger partial charge on any atom is 0.221 e. The van der Waals surface area contributed by atoms with Gasteiger partial charge >= 0.3 is 0 Å². The minimum atomic E-state index is -0.142. The van der Waals surface area contributed by atoms with E-state index < -0.39 is 0 Å². The molecule has 0 spiro atoms. The maximum atomic E-state index is 13.1. The molecule has 3 aromatic carbocycles. The molecule has 1 amide bonds. The molecular weight excluding hydrogens is 466 g/mol. The van der Waals surface area contributed by atoms with E-state index in [0.717, 1.165) is 34.3 Å². The van der Waals surface area contributed by atoms with Gasteiger partial charge in [0.15, 0.2) is 0 Å². The molecule has 1 N–H and O–H groups in total. The van der Waals surface area contributed by atoms with E-state index in [0.29, 0.717) is 18.0 Å². The Morgan fingerprint density at radius 2 is 1.78 bits per heavy atom. The first kappa shape index (κ1) is 23.8. The van der Waals surface area contributed by atoms with Crippen LogP contribution in [-0.2, 0) is 17.9 Å². The fourth-order valence-electron chi connectivity index (χ4n) is 4.65. The molecule has 0 fully saturated rings. The van der Waals surface area contributed by atoms with Crippen LogP contribution in [0.15, 0.2) is 103 Å². The summed E-state index contributed by atoms with van der Waals surface area (Å²) < 4.78 is 2.28. The second-order valence-corrected chi connectivity index (χ2v) is 9.56. The molecule has 0 bridgehead atoms. The highest BCUT2D eigenvalue weighted by atomic mass is 35.5. The number of pyridine rings is 1. The van der Waals surface area contributed by atoms with Crippen molar-refractivity contribution in [2.75, 3.05) is 0 Å². The molecule has 2 aromatic heterocycles. The van der Waals surface area contributed by atoms with E-state index in [1.165, 1.54) is 11.1 Å². The lowest BCUT2D eigenvalue weighted by molar-refractivity contribution is -0.121. The predicted octanol–water partition coefficient (Wildman–Crippen LogP) is 6.88. The molecule has 0 radical (unpaired) electrons. The van der Waals surface area contributed by atoms with Gasteiger partial charge in [-0.2, -0.15) is 0 Å². The normalized spacial score (nSPS) is 11.9. The molecule has 1 atom stereocenters. The van der Waals surface area contributed by atoms with E-state index in [4.69, 9.17) is 11.6 Å². The number of benzene rings is 3. The highest BCUT2D eigenvalue weighted by Crippen LogP contribution is 2.36. The first-order chi connectivity index (χ1) is 17.6. The lowest BCUT2D eigenvalue weighted by atomic mass is 9.88. The Hall–Kier alpha value is -3.89. The van der Waals surface area contributed by atoms with E-state index >= 15 is 0 Å². The summed E-state index contributed by atoms with van der Waals surface area (Å²) in [6.45, 7) is 3.26. The van der Waals surface area contributed by atoms with Gasteiger partial charge in [-0.3, -0.25) is 9.78 Å². The lowest BCUT2D eigenvalue weighted by Gasteiger charge is -2.18. The zero-order valence-electron chi connectivity index (χ0n) is 20.2. The number of para-hydroxylation sites is 1. The van der Waals surface area contributed by atoms with Gasteiger partial charge in [-0.1, -0.05) is 77.8 Å². The lowest BCUT2D eigenvalue weighted by Crippen LogP contribution is -2.25. The molecule has 4 nitrogen and oxygen atoms in total. The molecule has 5 aromatic rings. The van der Waals surface area contributed by atoms with Crippen molar-refractivity contribution in [2.24, 2.45) is 0 Å². The van der Waals surface area contributed by atoms with Crippen LogP contribution < -0.4 is 5.32 Å². The third kappa shape index (κ3) is 5.50. The molecule has 0 saturated carbocycles. The fourth-order valence-corrected chi connectivity index (χ4v) is 4.85. The van der Waals surface area contributed by atoms with Crippen LogP contribution >= 0.6 is 11.6 Å². The largest absolute Gasteiger partial charge is 0.350 e. The Balaban J connectivity index is 1.49. The van der Waals surface area contributed by atoms with Crippen LogP contribution in [0.5, 0.6) is 0 Å². The predicted molar refractivity (Wildman–Crippen MR) is 146 cm³/mol. The van der Waals surface area contributed by atoms with Gasteiger partial charge in [0.05, 0.1) is 12.2 Å². The first-order valence-corrected chi connectivity index (χ1v) is 12.5. The SMILES string of the molecule is Cc1ccc(Cn2cc(C(CC(=O)NCc3ccccn3)c3cccc(Cl)c3)c3ccccc32)cc1. The molecule has 2 heterocycles. The Morgan fingerprint density at radius 1 is 0.972 bits per heavy atom. The topological polar surface area (TPSA) is 46.9 Å². The van der Waals surface area contributed by atoms with Crippen LogP contribution in [0.2, 0.25) is 5.02 Å².